The van der Waals surface area contributed by atoms with Crippen molar-refractivity contribution in [3.05, 3.63) is 162 Å². The molecule has 1 heteroatoms. The van der Waals surface area contributed by atoms with Crippen LogP contribution in [0.4, 0.5) is 0 Å². The Morgan fingerprint density at radius 1 is 0.513 bits per heavy atom. The summed E-state index contributed by atoms with van der Waals surface area (Å²) in [7, 11) is 0. The standard InChI is InChI=1S/C38H27N/c1-38(28-16-6-3-7-17-28)34-21-10-8-19-30(34)32-23-24-33-31-20-9-11-22-35(31)39(37(33)36(32)38)29-18-12-15-27(25-29)26-13-4-2-5-14-26/h2-25H,1H3. The van der Waals surface area contributed by atoms with E-state index in [0.717, 1.165) is 0 Å². The van der Waals surface area contributed by atoms with Crippen molar-refractivity contribution in [2.45, 2.75) is 12.3 Å². The van der Waals surface area contributed by atoms with Gasteiger partial charge in [-0.1, -0.05) is 127 Å². The summed E-state index contributed by atoms with van der Waals surface area (Å²) >= 11 is 0. The molecule has 0 saturated carbocycles. The normalized spacial score (nSPS) is 15.9. The molecule has 0 aliphatic heterocycles. The summed E-state index contributed by atoms with van der Waals surface area (Å²) in [5, 5.41) is 2.58. The molecule has 0 N–H and O–H groups in total. The van der Waals surface area contributed by atoms with Crippen LogP contribution in [0.25, 0.3) is 49.7 Å². The number of rotatable bonds is 3. The minimum atomic E-state index is -0.282. The highest BCUT2D eigenvalue weighted by Gasteiger charge is 2.43. The van der Waals surface area contributed by atoms with E-state index < -0.39 is 0 Å². The number of hydrogen-bond donors (Lipinski definition) is 0. The van der Waals surface area contributed by atoms with E-state index in [-0.39, 0.29) is 5.41 Å². The predicted octanol–water partition coefficient (Wildman–Crippen LogP) is 9.79. The van der Waals surface area contributed by atoms with Crippen molar-refractivity contribution in [3.8, 4) is 27.9 Å². The van der Waals surface area contributed by atoms with Gasteiger partial charge in [-0.15, -0.1) is 0 Å². The molecule has 7 aromatic rings. The Labute approximate surface area is 228 Å². The van der Waals surface area contributed by atoms with Gasteiger partial charge in [-0.25, -0.2) is 0 Å². The van der Waals surface area contributed by atoms with E-state index >= 15 is 0 Å². The predicted molar refractivity (Wildman–Crippen MR) is 164 cm³/mol. The Balaban J connectivity index is 1.53. The van der Waals surface area contributed by atoms with Gasteiger partial charge in [0, 0.05) is 21.9 Å². The van der Waals surface area contributed by atoms with E-state index in [0.29, 0.717) is 0 Å². The van der Waals surface area contributed by atoms with Crippen molar-refractivity contribution < 1.29 is 0 Å². The number of aromatic nitrogens is 1. The lowest BCUT2D eigenvalue weighted by Gasteiger charge is -2.29. The van der Waals surface area contributed by atoms with Gasteiger partial charge in [0.05, 0.1) is 11.0 Å². The van der Waals surface area contributed by atoms with Crippen LogP contribution in [0.15, 0.2) is 146 Å². The zero-order chi connectivity index (χ0) is 26.0. The molecule has 0 amide bonds. The van der Waals surface area contributed by atoms with E-state index in [1.807, 2.05) is 0 Å². The monoisotopic (exact) mass is 497 g/mol. The van der Waals surface area contributed by atoms with Crippen LogP contribution in [0.2, 0.25) is 0 Å². The quantitative estimate of drug-likeness (QED) is 0.229. The second kappa shape index (κ2) is 8.31. The summed E-state index contributed by atoms with van der Waals surface area (Å²) in [6, 6.07) is 53.2. The van der Waals surface area contributed by atoms with Crippen molar-refractivity contribution in [1.29, 1.82) is 0 Å². The fraction of sp³-hybridized carbons (Fsp3) is 0.0526. The average molecular weight is 498 g/mol. The Hall–Kier alpha value is -4.88. The van der Waals surface area contributed by atoms with Crippen molar-refractivity contribution in [2.24, 2.45) is 0 Å². The molecule has 8 rings (SSSR count). The van der Waals surface area contributed by atoms with Gasteiger partial charge in [0.25, 0.3) is 0 Å². The lowest BCUT2D eigenvalue weighted by Crippen LogP contribution is -2.23. The van der Waals surface area contributed by atoms with Gasteiger partial charge in [-0.3, -0.25) is 0 Å². The van der Waals surface area contributed by atoms with Crippen molar-refractivity contribution in [2.75, 3.05) is 0 Å². The van der Waals surface area contributed by atoms with Crippen LogP contribution in [0.5, 0.6) is 0 Å². The number of para-hydroxylation sites is 1. The second-order valence-corrected chi connectivity index (χ2v) is 10.7. The van der Waals surface area contributed by atoms with Gasteiger partial charge in [0.2, 0.25) is 0 Å². The summed E-state index contributed by atoms with van der Waals surface area (Å²) in [6.07, 6.45) is 0. The van der Waals surface area contributed by atoms with E-state index in [1.165, 1.54) is 66.4 Å². The molecule has 1 aromatic heterocycles. The molecule has 0 spiro atoms. The molecule has 1 heterocycles. The zero-order valence-electron chi connectivity index (χ0n) is 21.8. The first-order valence-electron chi connectivity index (χ1n) is 13.6. The molecule has 1 aliphatic rings. The van der Waals surface area contributed by atoms with Gasteiger partial charge in [-0.05, 0) is 64.1 Å². The molecule has 6 aromatic carbocycles. The first kappa shape index (κ1) is 22.1. The van der Waals surface area contributed by atoms with Crippen molar-refractivity contribution in [3.63, 3.8) is 0 Å². The Kier molecular flexibility index (Phi) is 4.72. The second-order valence-electron chi connectivity index (χ2n) is 10.7. The van der Waals surface area contributed by atoms with Crippen LogP contribution in [0.3, 0.4) is 0 Å². The van der Waals surface area contributed by atoms with Gasteiger partial charge in [0.1, 0.15) is 0 Å². The van der Waals surface area contributed by atoms with Crippen molar-refractivity contribution >= 4 is 21.8 Å². The third kappa shape index (κ3) is 3.08. The van der Waals surface area contributed by atoms with Crippen LogP contribution >= 0.6 is 0 Å². The molecule has 39 heavy (non-hydrogen) atoms. The number of fused-ring (bicyclic) bond motifs is 7. The highest BCUT2D eigenvalue weighted by Crippen LogP contribution is 2.55. The SMILES string of the molecule is CC1(c2ccccc2)c2ccccc2-c2ccc3c4ccccc4n(-c4cccc(-c5ccccc5)c4)c3c21. The summed E-state index contributed by atoms with van der Waals surface area (Å²) in [6.45, 7) is 2.41. The fourth-order valence-corrected chi connectivity index (χ4v) is 6.87. The van der Waals surface area contributed by atoms with Crippen LogP contribution in [0.1, 0.15) is 23.6 Å². The van der Waals surface area contributed by atoms with Gasteiger partial charge < -0.3 is 4.57 Å². The maximum atomic E-state index is 2.50. The Morgan fingerprint density at radius 3 is 2.05 bits per heavy atom. The Bertz CT molecular complexity index is 2010. The molecule has 0 radical (unpaired) electrons. The molecule has 0 bridgehead atoms. The summed E-state index contributed by atoms with van der Waals surface area (Å²) < 4.78 is 2.50. The molecule has 184 valence electrons. The maximum Gasteiger partial charge on any atom is 0.0591 e. The minimum absolute atomic E-state index is 0.282. The molecule has 1 unspecified atom stereocenters. The van der Waals surface area contributed by atoms with E-state index in [9.17, 15) is 0 Å². The van der Waals surface area contributed by atoms with Gasteiger partial charge >= 0.3 is 0 Å². The van der Waals surface area contributed by atoms with Crippen LogP contribution in [-0.2, 0) is 5.41 Å². The summed E-state index contributed by atoms with van der Waals surface area (Å²) in [5.74, 6) is 0. The van der Waals surface area contributed by atoms with Crippen LogP contribution < -0.4 is 0 Å². The number of hydrogen-bond acceptors (Lipinski definition) is 0. The highest BCUT2D eigenvalue weighted by molar-refractivity contribution is 6.13. The molecule has 1 aliphatic carbocycles. The lowest BCUT2D eigenvalue weighted by atomic mass is 9.73. The summed E-state index contributed by atoms with van der Waals surface area (Å²) in [5.41, 5.74) is 12.6. The smallest absolute Gasteiger partial charge is 0.0591 e. The molecular weight excluding hydrogens is 470 g/mol. The maximum absolute atomic E-state index is 2.50. The number of benzene rings is 6. The lowest BCUT2D eigenvalue weighted by molar-refractivity contribution is 0.717. The van der Waals surface area contributed by atoms with Gasteiger partial charge in [-0.2, -0.15) is 0 Å². The molecule has 0 fully saturated rings. The first-order chi connectivity index (χ1) is 19.2. The van der Waals surface area contributed by atoms with Crippen LogP contribution in [-0.4, -0.2) is 4.57 Å². The van der Waals surface area contributed by atoms with E-state index in [2.05, 4.69) is 157 Å². The average Bonchev–Trinajstić information content (AvgIpc) is 3.49. The largest absolute Gasteiger partial charge is 0.309 e. The van der Waals surface area contributed by atoms with Crippen molar-refractivity contribution in [1.82, 2.24) is 4.57 Å². The minimum Gasteiger partial charge on any atom is -0.309 e. The summed E-state index contributed by atoms with van der Waals surface area (Å²) in [4.78, 5) is 0. The fourth-order valence-electron chi connectivity index (χ4n) is 6.87. The zero-order valence-corrected chi connectivity index (χ0v) is 21.8. The van der Waals surface area contributed by atoms with E-state index in [1.54, 1.807) is 0 Å². The third-order valence-corrected chi connectivity index (χ3v) is 8.66. The number of nitrogens with zero attached hydrogens (tertiary/aromatic N) is 1. The van der Waals surface area contributed by atoms with E-state index in [4.69, 9.17) is 0 Å². The Morgan fingerprint density at radius 2 is 1.21 bits per heavy atom. The molecule has 0 saturated heterocycles. The molecule has 1 nitrogen and oxygen atoms in total. The topological polar surface area (TPSA) is 4.93 Å². The molecule has 1 atom stereocenters. The highest BCUT2D eigenvalue weighted by atomic mass is 15.0. The first-order valence-corrected chi connectivity index (χ1v) is 13.6. The third-order valence-electron chi connectivity index (χ3n) is 8.66. The van der Waals surface area contributed by atoms with Gasteiger partial charge in [0.15, 0.2) is 0 Å². The van der Waals surface area contributed by atoms with Crippen LogP contribution in [0, 0.1) is 0 Å². The molecular formula is C38H27N.